The van der Waals surface area contributed by atoms with Crippen molar-refractivity contribution in [2.24, 2.45) is 0 Å². The van der Waals surface area contributed by atoms with E-state index in [0.29, 0.717) is 11.3 Å². The number of nitrogens with one attached hydrogen (secondary N) is 1. The maximum absolute atomic E-state index is 13.1. The lowest BCUT2D eigenvalue weighted by Gasteiger charge is -2.08. The highest BCUT2D eigenvalue weighted by atomic mass is 32.2. The third-order valence-electron chi connectivity index (χ3n) is 5.70. The molecule has 0 saturated heterocycles. The van der Waals surface area contributed by atoms with E-state index in [-0.39, 0.29) is 52.7 Å². The quantitative estimate of drug-likeness (QED) is 0.314. The van der Waals surface area contributed by atoms with Crippen molar-refractivity contribution in [1.29, 1.82) is 0 Å². The molecule has 0 saturated carbocycles. The van der Waals surface area contributed by atoms with Crippen LogP contribution in [0.25, 0.3) is 5.69 Å². The lowest BCUT2D eigenvalue weighted by atomic mass is 10.2. The van der Waals surface area contributed by atoms with Gasteiger partial charge in [-0.05, 0) is 78.3 Å². The van der Waals surface area contributed by atoms with Crippen molar-refractivity contribution in [2.45, 2.75) is 30.4 Å². The zero-order chi connectivity index (χ0) is 27.4. The number of benzene rings is 2. The monoisotopic (exact) mass is 544 g/mol. The zero-order valence-corrected chi connectivity index (χ0v) is 21.1. The highest BCUT2D eigenvalue weighted by molar-refractivity contribution is 8.00. The number of halogens is 3. The fraction of sp³-hybridized carbons (Fsp3) is 0.192. The van der Waals surface area contributed by atoms with E-state index in [2.05, 4.69) is 10.3 Å². The van der Waals surface area contributed by atoms with Crippen LogP contribution in [0.15, 0.2) is 76.6 Å². The molecule has 0 unspecified atom stereocenters. The van der Waals surface area contributed by atoms with Gasteiger partial charge < -0.3 is 15.2 Å². The number of pyridine rings is 1. The summed E-state index contributed by atoms with van der Waals surface area (Å²) in [5, 5.41) is 13.4. The van der Waals surface area contributed by atoms with E-state index in [0.717, 1.165) is 10.1 Å². The Morgan fingerprint density at radius 2 is 1.76 bits per heavy atom. The summed E-state index contributed by atoms with van der Waals surface area (Å²) in [6.07, 6.45) is 1.45. The summed E-state index contributed by atoms with van der Waals surface area (Å²) >= 11 is -0.268. The molecular formula is C26H23F3N4O4S. The molecule has 1 amide bonds. The SMILES string of the molecule is COc1ccc(CNC(=O)c2cc(Cn3c(C)c(O)n(-c4ccc(SC(F)(F)F)cc4)c3=O)ccn2)cc1. The van der Waals surface area contributed by atoms with Gasteiger partial charge in [0.1, 0.15) is 11.4 Å². The summed E-state index contributed by atoms with van der Waals surface area (Å²) < 4.78 is 45.3. The number of amides is 1. The topological polar surface area (TPSA) is 98.4 Å². The number of methoxy groups -OCH3 is 1. The van der Waals surface area contributed by atoms with Crippen molar-refractivity contribution < 1.29 is 27.8 Å². The van der Waals surface area contributed by atoms with E-state index in [1.165, 1.54) is 35.0 Å². The first-order valence-electron chi connectivity index (χ1n) is 11.3. The van der Waals surface area contributed by atoms with E-state index in [4.69, 9.17) is 4.74 Å². The number of aromatic hydroxyl groups is 1. The molecule has 2 aromatic carbocycles. The average Bonchev–Trinajstić information content (AvgIpc) is 3.10. The van der Waals surface area contributed by atoms with Crippen LogP contribution >= 0.6 is 11.8 Å². The second kappa shape index (κ2) is 11.1. The molecule has 0 aliphatic rings. The van der Waals surface area contributed by atoms with Gasteiger partial charge in [-0.1, -0.05) is 12.1 Å². The van der Waals surface area contributed by atoms with Gasteiger partial charge in [-0.3, -0.25) is 14.3 Å². The molecule has 2 N–H and O–H groups in total. The van der Waals surface area contributed by atoms with Gasteiger partial charge in [0, 0.05) is 17.6 Å². The molecule has 0 bridgehead atoms. The molecule has 2 heterocycles. The summed E-state index contributed by atoms with van der Waals surface area (Å²) in [7, 11) is 1.57. The first kappa shape index (κ1) is 26.9. The Balaban J connectivity index is 1.50. The molecule has 0 radical (unpaired) electrons. The van der Waals surface area contributed by atoms with Crippen molar-refractivity contribution in [3.63, 3.8) is 0 Å². The van der Waals surface area contributed by atoms with Gasteiger partial charge in [0.25, 0.3) is 5.91 Å². The fourth-order valence-electron chi connectivity index (χ4n) is 3.75. The molecule has 12 heteroatoms. The van der Waals surface area contributed by atoms with Crippen LogP contribution in [-0.2, 0) is 13.1 Å². The van der Waals surface area contributed by atoms with Crippen molar-refractivity contribution in [1.82, 2.24) is 19.4 Å². The number of carbonyl (C=O) groups is 1. The first-order chi connectivity index (χ1) is 18.1. The van der Waals surface area contributed by atoms with E-state index in [1.54, 1.807) is 38.3 Å². The minimum absolute atomic E-state index is 0.0362. The second-order valence-corrected chi connectivity index (χ2v) is 9.37. The number of alkyl halides is 3. The number of hydrogen-bond acceptors (Lipinski definition) is 6. The van der Waals surface area contributed by atoms with Gasteiger partial charge in [-0.15, -0.1) is 0 Å². The minimum Gasteiger partial charge on any atom is -0.497 e. The predicted molar refractivity (Wildman–Crippen MR) is 136 cm³/mol. The number of nitrogens with zero attached hydrogens (tertiary/aromatic N) is 3. The van der Waals surface area contributed by atoms with Gasteiger partial charge >= 0.3 is 11.2 Å². The Morgan fingerprint density at radius 3 is 2.39 bits per heavy atom. The Labute approximate surface area is 219 Å². The van der Waals surface area contributed by atoms with Crippen LogP contribution < -0.4 is 15.7 Å². The third-order valence-corrected chi connectivity index (χ3v) is 6.44. The smallest absolute Gasteiger partial charge is 0.446 e. The number of thioether (sulfide) groups is 1. The highest BCUT2D eigenvalue weighted by Gasteiger charge is 2.29. The standard InChI is InChI=1S/C26H23F3N4O4S/c1-16-24(35)33(19-5-9-21(10-6-19)38-26(27,28)29)25(36)32(16)15-18-11-12-30-22(13-18)23(34)31-14-17-3-7-20(37-2)8-4-17/h3-13,35H,14-15H2,1-2H3,(H,31,34). The van der Waals surface area contributed by atoms with Gasteiger partial charge in [-0.25, -0.2) is 9.36 Å². The summed E-state index contributed by atoms with van der Waals surface area (Å²) in [5.74, 6) is -0.0287. The van der Waals surface area contributed by atoms with Gasteiger partial charge in [0.05, 0.1) is 25.0 Å². The van der Waals surface area contributed by atoms with Crippen LogP contribution in [0.1, 0.15) is 27.3 Å². The zero-order valence-electron chi connectivity index (χ0n) is 20.3. The molecule has 0 spiro atoms. The molecule has 0 fully saturated rings. The van der Waals surface area contributed by atoms with Crippen LogP contribution in [0.5, 0.6) is 11.6 Å². The number of carbonyl (C=O) groups excluding carboxylic acids is 1. The van der Waals surface area contributed by atoms with Crippen LogP contribution in [0.2, 0.25) is 0 Å². The van der Waals surface area contributed by atoms with Crippen LogP contribution in [0.3, 0.4) is 0 Å². The number of hydrogen-bond donors (Lipinski definition) is 2. The molecule has 8 nitrogen and oxygen atoms in total. The highest BCUT2D eigenvalue weighted by Crippen LogP contribution is 2.37. The Kier molecular flexibility index (Phi) is 7.81. The molecule has 4 rings (SSSR count). The molecule has 198 valence electrons. The minimum atomic E-state index is -4.43. The van der Waals surface area contributed by atoms with Crippen LogP contribution in [0, 0.1) is 6.92 Å². The normalized spacial score (nSPS) is 11.4. The van der Waals surface area contributed by atoms with Crippen molar-refractivity contribution in [3.8, 4) is 17.3 Å². The van der Waals surface area contributed by atoms with Crippen molar-refractivity contribution >= 4 is 17.7 Å². The average molecular weight is 545 g/mol. The van der Waals surface area contributed by atoms with Crippen LogP contribution in [0.4, 0.5) is 13.2 Å². The Bertz CT molecular complexity index is 1500. The molecule has 0 aliphatic heterocycles. The lowest BCUT2D eigenvalue weighted by molar-refractivity contribution is -0.0328. The molecule has 38 heavy (non-hydrogen) atoms. The second-order valence-electron chi connectivity index (χ2n) is 8.23. The van der Waals surface area contributed by atoms with Crippen molar-refractivity contribution in [3.05, 3.63) is 99.9 Å². The van der Waals surface area contributed by atoms with Gasteiger partial charge in [-0.2, -0.15) is 13.2 Å². The maximum atomic E-state index is 13.1. The van der Waals surface area contributed by atoms with E-state index < -0.39 is 17.1 Å². The maximum Gasteiger partial charge on any atom is 0.446 e. The first-order valence-corrected chi connectivity index (χ1v) is 12.1. The molecule has 2 aromatic heterocycles. The fourth-order valence-corrected chi connectivity index (χ4v) is 4.29. The lowest BCUT2D eigenvalue weighted by Crippen LogP contribution is -2.25. The van der Waals surface area contributed by atoms with E-state index >= 15 is 0 Å². The number of rotatable bonds is 8. The molecule has 0 aliphatic carbocycles. The largest absolute Gasteiger partial charge is 0.497 e. The van der Waals surface area contributed by atoms with Crippen molar-refractivity contribution in [2.75, 3.05) is 7.11 Å². The molecule has 4 aromatic rings. The third kappa shape index (κ3) is 6.20. The Morgan fingerprint density at radius 1 is 1.08 bits per heavy atom. The molecule has 0 atom stereocenters. The van der Waals surface area contributed by atoms with E-state index in [1.807, 2.05) is 12.1 Å². The van der Waals surface area contributed by atoms with Crippen LogP contribution in [-0.4, -0.2) is 37.8 Å². The van der Waals surface area contributed by atoms with E-state index in [9.17, 15) is 27.9 Å². The Hall–Kier alpha value is -4.19. The predicted octanol–water partition coefficient (Wildman–Crippen LogP) is 4.65. The summed E-state index contributed by atoms with van der Waals surface area (Å²) in [4.78, 5) is 29.9. The number of ether oxygens (including phenoxy) is 1. The number of imidazole rings is 1. The van der Waals surface area contributed by atoms with Gasteiger partial charge in [0.15, 0.2) is 0 Å². The summed E-state index contributed by atoms with van der Waals surface area (Å²) in [5.41, 5.74) is -2.92. The number of aromatic nitrogens is 3. The molecular weight excluding hydrogens is 521 g/mol. The summed E-state index contributed by atoms with van der Waals surface area (Å²) in [6, 6.07) is 15.5. The summed E-state index contributed by atoms with van der Waals surface area (Å²) in [6.45, 7) is 1.86. The van der Waals surface area contributed by atoms with Gasteiger partial charge in [0.2, 0.25) is 5.88 Å².